The fourth-order valence-electron chi connectivity index (χ4n) is 4.16. The van der Waals surface area contributed by atoms with Gasteiger partial charge < -0.3 is 14.2 Å². The molecule has 0 aliphatic carbocycles. The van der Waals surface area contributed by atoms with E-state index < -0.39 is 0 Å². The number of morpholine rings is 1. The molecule has 0 spiro atoms. The van der Waals surface area contributed by atoms with Gasteiger partial charge in [-0.25, -0.2) is 4.98 Å². The number of thiophene rings is 1. The summed E-state index contributed by atoms with van der Waals surface area (Å²) in [5, 5.41) is 2.99. The Morgan fingerprint density at radius 1 is 1.11 bits per heavy atom. The second-order valence-electron chi connectivity index (χ2n) is 8.44. The molecule has 180 valence electrons. The second kappa shape index (κ2) is 10.6. The number of nitrogens with zero attached hydrogens (tertiary/aromatic N) is 3. The summed E-state index contributed by atoms with van der Waals surface area (Å²) >= 11 is 1.59. The van der Waals surface area contributed by atoms with Crippen molar-refractivity contribution in [2.24, 2.45) is 0 Å². The van der Waals surface area contributed by atoms with Crippen molar-refractivity contribution in [3.63, 3.8) is 0 Å². The third-order valence-corrected chi connectivity index (χ3v) is 6.85. The first kappa shape index (κ1) is 23.6. The Hall–Kier alpha value is -3.17. The van der Waals surface area contributed by atoms with E-state index >= 15 is 0 Å². The van der Waals surface area contributed by atoms with E-state index in [1.54, 1.807) is 31.4 Å². The average Bonchev–Trinajstić information content (AvgIpc) is 3.30. The van der Waals surface area contributed by atoms with Crippen LogP contribution in [0.25, 0.3) is 21.3 Å². The molecule has 0 atom stereocenters. The van der Waals surface area contributed by atoms with Crippen LogP contribution in [0.1, 0.15) is 28.7 Å². The van der Waals surface area contributed by atoms with Gasteiger partial charge in [-0.2, -0.15) is 4.98 Å². The van der Waals surface area contributed by atoms with Crippen molar-refractivity contribution < 1.29 is 19.0 Å². The summed E-state index contributed by atoms with van der Waals surface area (Å²) in [4.78, 5) is 24.9. The van der Waals surface area contributed by atoms with Crippen LogP contribution in [0.15, 0.2) is 53.9 Å². The number of hydrogen-bond donors (Lipinski definition) is 0. The second-order valence-corrected chi connectivity index (χ2v) is 9.30. The van der Waals surface area contributed by atoms with Crippen molar-refractivity contribution >= 4 is 27.3 Å². The summed E-state index contributed by atoms with van der Waals surface area (Å²) in [5.74, 6) is 1.82. The van der Waals surface area contributed by atoms with Crippen molar-refractivity contribution in [1.82, 2.24) is 14.9 Å². The van der Waals surface area contributed by atoms with Crippen LogP contribution in [0.5, 0.6) is 11.6 Å². The number of carbonyl (C=O) groups is 1. The van der Waals surface area contributed by atoms with Crippen molar-refractivity contribution in [3.05, 3.63) is 70.9 Å². The zero-order chi connectivity index (χ0) is 24.2. The van der Waals surface area contributed by atoms with Crippen LogP contribution >= 0.6 is 11.3 Å². The van der Waals surface area contributed by atoms with Crippen molar-refractivity contribution in [1.29, 1.82) is 0 Å². The maximum atomic E-state index is 11.9. The van der Waals surface area contributed by atoms with Gasteiger partial charge in [0.15, 0.2) is 5.78 Å². The molecular formula is C27H27N3O4S. The van der Waals surface area contributed by atoms with Crippen LogP contribution in [-0.2, 0) is 22.6 Å². The molecule has 0 amide bonds. The number of fused-ring (bicyclic) bond motifs is 1. The number of carbonyl (C=O) groups excluding carboxylic acids is 1. The van der Waals surface area contributed by atoms with E-state index in [9.17, 15) is 4.79 Å². The lowest BCUT2D eigenvalue weighted by Gasteiger charge is -2.25. The molecule has 0 radical (unpaired) electrons. The molecule has 1 saturated heterocycles. The monoisotopic (exact) mass is 489 g/mol. The topological polar surface area (TPSA) is 73.8 Å². The molecule has 0 unspecified atom stereocenters. The zero-order valence-electron chi connectivity index (χ0n) is 19.8. The van der Waals surface area contributed by atoms with E-state index in [4.69, 9.17) is 24.2 Å². The number of methoxy groups -OCH3 is 1. The molecule has 0 saturated carbocycles. The molecule has 1 aliphatic rings. The number of aromatic nitrogens is 2. The summed E-state index contributed by atoms with van der Waals surface area (Å²) in [5.41, 5.74) is 3.52. The van der Waals surface area contributed by atoms with Gasteiger partial charge in [-0.3, -0.25) is 9.69 Å². The van der Waals surface area contributed by atoms with Gasteiger partial charge in [0.2, 0.25) is 5.88 Å². The molecule has 3 heterocycles. The van der Waals surface area contributed by atoms with Crippen LogP contribution < -0.4 is 4.74 Å². The maximum absolute atomic E-state index is 11.9. The summed E-state index contributed by atoms with van der Waals surface area (Å²) < 4.78 is 17.4. The Bertz CT molecular complexity index is 1330. The fraction of sp³-hybridized carbons (Fsp3) is 0.296. The first-order chi connectivity index (χ1) is 17.1. The fourth-order valence-corrected chi connectivity index (χ4v) is 5.11. The standard InChI is InChI=1S/C27H27N3O4S/c1-18(31)20-8-9-23(21(14-20)16-32-2)34-26-25-22(19-6-4-3-5-7-19)17-35-27(25)29-24(28-26)15-30-10-12-33-13-11-30/h3-9,14,17H,10-13,15-16H2,1-2H3. The molecule has 0 N–H and O–H groups in total. The highest BCUT2D eigenvalue weighted by atomic mass is 32.1. The van der Waals surface area contributed by atoms with Gasteiger partial charge in [-0.1, -0.05) is 30.3 Å². The third kappa shape index (κ3) is 5.26. The minimum absolute atomic E-state index is 0.00433. The Labute approximate surface area is 208 Å². The van der Waals surface area contributed by atoms with Gasteiger partial charge in [0.1, 0.15) is 16.4 Å². The maximum Gasteiger partial charge on any atom is 0.232 e. The SMILES string of the molecule is COCc1cc(C(C)=O)ccc1Oc1nc(CN2CCOCC2)nc2scc(-c3ccccc3)c12. The lowest BCUT2D eigenvalue weighted by Crippen LogP contribution is -2.36. The molecule has 2 aromatic heterocycles. The van der Waals surface area contributed by atoms with Gasteiger partial charge >= 0.3 is 0 Å². The third-order valence-electron chi connectivity index (χ3n) is 5.97. The lowest BCUT2D eigenvalue weighted by molar-refractivity contribution is 0.0330. The molecule has 35 heavy (non-hydrogen) atoms. The minimum Gasteiger partial charge on any atom is -0.438 e. The predicted molar refractivity (Wildman–Crippen MR) is 136 cm³/mol. The quantitative estimate of drug-likeness (QED) is 0.310. The van der Waals surface area contributed by atoms with Gasteiger partial charge in [0.05, 0.1) is 31.8 Å². The summed E-state index contributed by atoms with van der Waals surface area (Å²) in [7, 11) is 1.62. The molecule has 1 aliphatic heterocycles. The molecule has 8 heteroatoms. The predicted octanol–water partition coefficient (Wildman–Crippen LogP) is 5.33. The van der Waals surface area contributed by atoms with Crippen LogP contribution in [0.4, 0.5) is 0 Å². The molecule has 0 bridgehead atoms. The largest absolute Gasteiger partial charge is 0.438 e. The summed E-state index contributed by atoms with van der Waals surface area (Å²) in [6.07, 6.45) is 0. The van der Waals surface area contributed by atoms with Crippen LogP contribution in [0.2, 0.25) is 0 Å². The molecule has 2 aromatic carbocycles. The van der Waals surface area contributed by atoms with Crippen LogP contribution in [-0.4, -0.2) is 54.1 Å². The Kier molecular flexibility index (Phi) is 7.15. The first-order valence-electron chi connectivity index (χ1n) is 11.6. The van der Waals surface area contributed by atoms with Crippen molar-refractivity contribution in [2.75, 3.05) is 33.4 Å². The minimum atomic E-state index is -0.00433. The molecule has 7 nitrogen and oxygen atoms in total. The van der Waals surface area contributed by atoms with Crippen LogP contribution in [0.3, 0.4) is 0 Å². The van der Waals surface area contributed by atoms with Crippen molar-refractivity contribution in [2.45, 2.75) is 20.1 Å². The molecule has 5 rings (SSSR count). The first-order valence-corrected chi connectivity index (χ1v) is 12.4. The van der Waals surface area contributed by atoms with Crippen LogP contribution in [0, 0.1) is 0 Å². The van der Waals surface area contributed by atoms with Gasteiger partial charge in [-0.15, -0.1) is 11.3 Å². The van der Waals surface area contributed by atoms with Gasteiger partial charge in [-0.05, 0) is 30.7 Å². The van der Waals surface area contributed by atoms with Crippen molar-refractivity contribution in [3.8, 4) is 22.8 Å². The normalized spacial score (nSPS) is 14.3. The number of hydrogen-bond acceptors (Lipinski definition) is 8. The Balaban J connectivity index is 1.60. The summed E-state index contributed by atoms with van der Waals surface area (Å²) in [6.45, 7) is 5.62. The summed E-state index contributed by atoms with van der Waals surface area (Å²) in [6, 6.07) is 15.6. The number of ether oxygens (including phenoxy) is 3. The smallest absolute Gasteiger partial charge is 0.232 e. The Morgan fingerprint density at radius 2 is 1.91 bits per heavy atom. The number of benzene rings is 2. The van der Waals surface area contributed by atoms with E-state index in [-0.39, 0.29) is 5.78 Å². The highest BCUT2D eigenvalue weighted by Crippen LogP contribution is 2.40. The van der Waals surface area contributed by atoms with E-state index in [0.717, 1.165) is 40.0 Å². The van der Waals surface area contributed by atoms with Gasteiger partial charge in [0.25, 0.3) is 0 Å². The highest BCUT2D eigenvalue weighted by Gasteiger charge is 2.20. The van der Waals surface area contributed by atoms with E-state index in [2.05, 4.69) is 22.4 Å². The zero-order valence-corrected chi connectivity index (χ0v) is 20.6. The number of ketones is 1. The number of rotatable bonds is 8. The average molecular weight is 490 g/mol. The highest BCUT2D eigenvalue weighted by molar-refractivity contribution is 7.17. The Morgan fingerprint density at radius 3 is 2.66 bits per heavy atom. The number of Topliss-reactive ketones (excluding diaryl/α,β-unsaturated/α-hetero) is 1. The lowest BCUT2D eigenvalue weighted by atomic mass is 10.1. The van der Waals surface area contributed by atoms with E-state index in [1.807, 2.05) is 30.3 Å². The molecule has 4 aromatic rings. The van der Waals surface area contributed by atoms with E-state index in [0.29, 0.717) is 49.4 Å². The van der Waals surface area contributed by atoms with E-state index in [1.165, 1.54) is 0 Å². The molecular weight excluding hydrogens is 462 g/mol. The van der Waals surface area contributed by atoms with Gasteiger partial charge in [0, 0.05) is 42.3 Å². The molecule has 1 fully saturated rings.